The zero-order valence-corrected chi connectivity index (χ0v) is 12.1. The molecule has 0 radical (unpaired) electrons. The van der Waals surface area contributed by atoms with Crippen LogP contribution < -0.4 is 5.32 Å². The number of amides is 1. The fourth-order valence-corrected chi connectivity index (χ4v) is 2.95. The predicted molar refractivity (Wildman–Crippen MR) is 74.4 cm³/mol. The molecule has 1 saturated heterocycles. The maximum Gasteiger partial charge on any atom is 0.250 e. The lowest BCUT2D eigenvalue weighted by atomic mass is 10.0. The SMILES string of the molecule is CC(C(=O)Nc1cn2c(n1)CCC2)N1CCC(F)(F)CC1. The van der Waals surface area contributed by atoms with E-state index in [4.69, 9.17) is 0 Å². The van der Waals surface area contributed by atoms with Gasteiger partial charge >= 0.3 is 0 Å². The number of nitrogens with one attached hydrogen (secondary N) is 1. The molecule has 3 rings (SSSR count). The first-order valence-corrected chi connectivity index (χ1v) is 7.43. The van der Waals surface area contributed by atoms with Gasteiger partial charge < -0.3 is 9.88 Å². The molecule has 2 aliphatic heterocycles. The zero-order valence-electron chi connectivity index (χ0n) is 12.1. The van der Waals surface area contributed by atoms with E-state index in [9.17, 15) is 13.6 Å². The maximum absolute atomic E-state index is 13.1. The van der Waals surface area contributed by atoms with E-state index in [1.54, 1.807) is 11.8 Å². The van der Waals surface area contributed by atoms with Gasteiger partial charge in [-0.25, -0.2) is 13.8 Å². The van der Waals surface area contributed by atoms with Crippen molar-refractivity contribution in [2.45, 2.75) is 51.1 Å². The highest BCUT2D eigenvalue weighted by Gasteiger charge is 2.36. The van der Waals surface area contributed by atoms with E-state index in [1.165, 1.54) is 0 Å². The quantitative estimate of drug-likeness (QED) is 0.927. The van der Waals surface area contributed by atoms with E-state index in [-0.39, 0.29) is 31.8 Å². The minimum atomic E-state index is -2.59. The largest absolute Gasteiger partial charge is 0.333 e. The Balaban J connectivity index is 1.57. The third-order valence-corrected chi connectivity index (χ3v) is 4.37. The highest BCUT2D eigenvalue weighted by atomic mass is 19.3. The number of nitrogens with zero attached hydrogens (tertiary/aromatic N) is 3. The standard InChI is InChI=1S/C14H20F2N4O/c1-10(19-7-4-14(15,16)5-8-19)13(21)18-11-9-20-6-2-3-12(20)17-11/h9-10H,2-8H2,1H3,(H,18,21). The van der Waals surface area contributed by atoms with Crippen molar-refractivity contribution in [3.8, 4) is 0 Å². The Morgan fingerprint density at radius 1 is 1.38 bits per heavy atom. The molecule has 1 atom stereocenters. The predicted octanol–water partition coefficient (Wildman–Crippen LogP) is 1.89. The van der Waals surface area contributed by atoms with Crippen LogP contribution in [0.5, 0.6) is 0 Å². The van der Waals surface area contributed by atoms with Gasteiger partial charge in [-0.2, -0.15) is 0 Å². The van der Waals surface area contributed by atoms with Gasteiger partial charge in [0.05, 0.1) is 6.04 Å². The van der Waals surface area contributed by atoms with Crippen LogP contribution in [0.3, 0.4) is 0 Å². The number of hydrogen-bond acceptors (Lipinski definition) is 3. The molecule has 2 aliphatic rings. The summed E-state index contributed by atoms with van der Waals surface area (Å²) in [5, 5.41) is 2.79. The third-order valence-electron chi connectivity index (χ3n) is 4.37. The van der Waals surface area contributed by atoms with Crippen LogP contribution >= 0.6 is 0 Å². The van der Waals surface area contributed by atoms with Gasteiger partial charge in [0.2, 0.25) is 5.91 Å². The van der Waals surface area contributed by atoms with Crippen LogP contribution in [0.15, 0.2) is 6.20 Å². The molecule has 1 aromatic rings. The number of aryl methyl sites for hydroxylation is 2. The normalized spacial score (nSPS) is 22.8. The number of rotatable bonds is 3. The van der Waals surface area contributed by atoms with Gasteiger partial charge in [-0.1, -0.05) is 0 Å². The molecular weight excluding hydrogens is 278 g/mol. The van der Waals surface area contributed by atoms with Gasteiger partial charge in [0.25, 0.3) is 5.92 Å². The van der Waals surface area contributed by atoms with Crippen LogP contribution in [0.25, 0.3) is 0 Å². The van der Waals surface area contributed by atoms with Crippen molar-refractivity contribution in [3.63, 3.8) is 0 Å². The number of imidazole rings is 1. The molecule has 7 heteroatoms. The Morgan fingerprint density at radius 3 is 2.76 bits per heavy atom. The molecule has 5 nitrogen and oxygen atoms in total. The second-order valence-electron chi connectivity index (χ2n) is 5.90. The van der Waals surface area contributed by atoms with Crippen molar-refractivity contribution in [1.29, 1.82) is 0 Å². The maximum atomic E-state index is 13.1. The molecule has 0 spiro atoms. The molecular formula is C14H20F2N4O. The fraction of sp³-hybridized carbons (Fsp3) is 0.714. The number of piperidine rings is 1. The molecule has 1 fully saturated rings. The first-order valence-electron chi connectivity index (χ1n) is 7.43. The summed E-state index contributed by atoms with van der Waals surface area (Å²) in [4.78, 5) is 18.4. The number of likely N-dealkylation sites (tertiary alicyclic amines) is 1. The molecule has 0 bridgehead atoms. The summed E-state index contributed by atoms with van der Waals surface area (Å²) in [5.74, 6) is -1.21. The van der Waals surface area contributed by atoms with Crippen LogP contribution in [0.2, 0.25) is 0 Å². The fourth-order valence-electron chi connectivity index (χ4n) is 2.95. The van der Waals surface area contributed by atoms with E-state index >= 15 is 0 Å². The summed E-state index contributed by atoms with van der Waals surface area (Å²) in [6.07, 6.45) is 3.52. The molecule has 0 saturated carbocycles. The van der Waals surface area contributed by atoms with E-state index in [1.807, 2.05) is 10.8 Å². The van der Waals surface area contributed by atoms with Crippen molar-refractivity contribution in [3.05, 3.63) is 12.0 Å². The van der Waals surface area contributed by atoms with Gasteiger partial charge in [-0.3, -0.25) is 9.69 Å². The molecule has 21 heavy (non-hydrogen) atoms. The van der Waals surface area contributed by atoms with Crippen molar-refractivity contribution in [1.82, 2.24) is 14.5 Å². The number of halogens is 2. The molecule has 1 unspecified atom stereocenters. The van der Waals surface area contributed by atoms with E-state index in [0.29, 0.717) is 5.82 Å². The first kappa shape index (κ1) is 14.4. The smallest absolute Gasteiger partial charge is 0.250 e. The Hall–Kier alpha value is -1.50. The van der Waals surface area contributed by atoms with E-state index < -0.39 is 12.0 Å². The van der Waals surface area contributed by atoms with Crippen LogP contribution in [0, 0.1) is 0 Å². The lowest BCUT2D eigenvalue weighted by molar-refractivity contribution is -0.124. The Labute approximate surface area is 122 Å². The molecule has 1 N–H and O–H groups in total. The van der Waals surface area contributed by atoms with Crippen LogP contribution in [-0.4, -0.2) is 45.4 Å². The average molecular weight is 298 g/mol. The van der Waals surface area contributed by atoms with Crippen molar-refractivity contribution < 1.29 is 13.6 Å². The van der Waals surface area contributed by atoms with Crippen molar-refractivity contribution >= 4 is 11.7 Å². The highest BCUT2D eigenvalue weighted by Crippen LogP contribution is 2.28. The highest BCUT2D eigenvalue weighted by molar-refractivity contribution is 5.93. The third kappa shape index (κ3) is 3.07. The number of anilines is 1. The lowest BCUT2D eigenvalue weighted by Crippen LogP contribution is -2.48. The van der Waals surface area contributed by atoms with Crippen molar-refractivity contribution in [2.24, 2.45) is 0 Å². The Bertz CT molecular complexity index is 512. The summed E-state index contributed by atoms with van der Waals surface area (Å²) >= 11 is 0. The van der Waals surface area contributed by atoms with Gasteiger partial charge in [-0.05, 0) is 13.3 Å². The summed E-state index contributed by atoms with van der Waals surface area (Å²) < 4.78 is 28.3. The topological polar surface area (TPSA) is 50.2 Å². The molecule has 1 amide bonds. The number of alkyl halides is 2. The van der Waals surface area contributed by atoms with E-state index in [0.717, 1.165) is 25.2 Å². The number of aromatic nitrogens is 2. The Kier molecular flexibility index (Phi) is 3.69. The molecule has 1 aromatic heterocycles. The summed E-state index contributed by atoms with van der Waals surface area (Å²) in [7, 11) is 0. The second-order valence-corrected chi connectivity index (χ2v) is 5.90. The van der Waals surface area contributed by atoms with Crippen LogP contribution in [-0.2, 0) is 17.8 Å². The summed E-state index contributed by atoms with van der Waals surface area (Å²) in [6.45, 7) is 3.19. The molecule has 0 aliphatic carbocycles. The van der Waals surface area contributed by atoms with Gasteiger partial charge in [0.1, 0.15) is 5.82 Å². The average Bonchev–Trinajstić information content (AvgIpc) is 2.98. The van der Waals surface area contributed by atoms with E-state index in [2.05, 4.69) is 10.3 Å². The van der Waals surface area contributed by atoms with Crippen molar-refractivity contribution in [2.75, 3.05) is 18.4 Å². The number of hydrogen-bond donors (Lipinski definition) is 1. The van der Waals surface area contributed by atoms with Gasteiger partial charge in [-0.15, -0.1) is 0 Å². The molecule has 0 aromatic carbocycles. The minimum Gasteiger partial charge on any atom is -0.333 e. The zero-order chi connectivity index (χ0) is 15.0. The number of carbonyl (C=O) groups excluding carboxylic acids is 1. The van der Waals surface area contributed by atoms with Crippen LogP contribution in [0.1, 0.15) is 32.0 Å². The summed E-state index contributed by atoms with van der Waals surface area (Å²) in [6, 6.07) is -0.419. The molecule has 3 heterocycles. The second kappa shape index (κ2) is 5.36. The lowest BCUT2D eigenvalue weighted by Gasteiger charge is -2.34. The minimum absolute atomic E-state index is 0.177. The monoisotopic (exact) mass is 298 g/mol. The van der Waals surface area contributed by atoms with Gasteiger partial charge in [0, 0.05) is 45.1 Å². The first-order chi connectivity index (χ1) is 9.94. The molecule has 116 valence electrons. The number of carbonyl (C=O) groups is 1. The number of fused-ring (bicyclic) bond motifs is 1. The Morgan fingerprint density at radius 2 is 2.10 bits per heavy atom. The summed E-state index contributed by atoms with van der Waals surface area (Å²) in [5.41, 5.74) is 0. The van der Waals surface area contributed by atoms with Crippen LogP contribution in [0.4, 0.5) is 14.6 Å². The van der Waals surface area contributed by atoms with Gasteiger partial charge in [0.15, 0.2) is 5.82 Å².